The average molecular weight is 249 g/mol. The zero-order valence-corrected chi connectivity index (χ0v) is 10.8. The van der Waals surface area contributed by atoms with Crippen molar-refractivity contribution in [2.75, 3.05) is 12.4 Å². The molecule has 0 radical (unpaired) electrons. The van der Waals surface area contributed by atoms with Crippen LogP contribution in [0.1, 0.15) is 33.6 Å². The highest BCUT2D eigenvalue weighted by Crippen LogP contribution is 2.28. The number of carbonyl (C=O) groups excluding carboxylic acids is 1. The molecule has 0 heterocycles. The first kappa shape index (κ1) is 13.3. The van der Waals surface area contributed by atoms with Crippen LogP contribution < -0.4 is 5.32 Å². The molecule has 1 N–H and O–H groups in total. The minimum absolute atomic E-state index is 0.0687. The van der Waals surface area contributed by atoms with Gasteiger partial charge in [-0.2, -0.15) is 0 Å². The maximum absolute atomic E-state index is 11.4. The molecule has 0 aliphatic heterocycles. The number of sulfone groups is 1. The summed E-state index contributed by atoms with van der Waals surface area (Å²) in [5.74, 6) is -0.0742. The molecule has 6 heteroatoms. The summed E-state index contributed by atoms with van der Waals surface area (Å²) in [6.07, 6.45) is 0.922. The largest absolute Gasteiger partial charge is 0.448 e. The maximum atomic E-state index is 11.4. The van der Waals surface area contributed by atoms with E-state index in [0.717, 1.165) is 12.8 Å². The highest BCUT2D eigenvalue weighted by atomic mass is 32.2. The fourth-order valence-electron chi connectivity index (χ4n) is 1.19. The topological polar surface area (TPSA) is 72.5 Å². The zero-order chi connectivity index (χ0) is 12.4. The summed E-state index contributed by atoms with van der Waals surface area (Å²) in [6, 6.07) is 0. The molecule has 0 aromatic carbocycles. The van der Waals surface area contributed by atoms with Crippen molar-refractivity contribution in [2.24, 2.45) is 0 Å². The SMILES string of the molecule is CC(C)(C)NC(=O)OCCS(=O)(=O)C1CC1. The van der Waals surface area contributed by atoms with E-state index in [4.69, 9.17) is 4.74 Å². The average Bonchev–Trinajstić information content (AvgIpc) is 2.80. The molecule has 1 saturated carbocycles. The summed E-state index contributed by atoms with van der Waals surface area (Å²) in [7, 11) is -3.03. The highest BCUT2D eigenvalue weighted by molar-refractivity contribution is 7.92. The first-order valence-corrected chi connectivity index (χ1v) is 7.09. The van der Waals surface area contributed by atoms with Crippen molar-refractivity contribution in [2.45, 2.75) is 44.4 Å². The predicted molar refractivity (Wildman–Crippen MR) is 61.0 cm³/mol. The normalized spacial score (nSPS) is 16.9. The number of rotatable bonds is 4. The monoisotopic (exact) mass is 249 g/mol. The molecule has 1 aliphatic rings. The van der Waals surface area contributed by atoms with Crippen molar-refractivity contribution in [1.29, 1.82) is 0 Å². The number of amides is 1. The molecule has 94 valence electrons. The third-order valence-electron chi connectivity index (χ3n) is 2.11. The van der Waals surface area contributed by atoms with Crippen LogP contribution in [0, 0.1) is 0 Å². The Morgan fingerprint density at radius 2 is 1.94 bits per heavy atom. The van der Waals surface area contributed by atoms with Gasteiger partial charge in [-0.05, 0) is 33.6 Å². The smallest absolute Gasteiger partial charge is 0.407 e. The molecular weight excluding hydrogens is 230 g/mol. The molecule has 0 saturated heterocycles. The Bertz CT molecular complexity index is 352. The van der Waals surface area contributed by atoms with E-state index >= 15 is 0 Å². The third-order valence-corrected chi connectivity index (χ3v) is 4.33. The molecule has 1 amide bonds. The zero-order valence-electron chi connectivity index (χ0n) is 9.95. The molecule has 0 aromatic rings. The van der Waals surface area contributed by atoms with E-state index in [1.165, 1.54) is 0 Å². The number of carbonyl (C=O) groups is 1. The van der Waals surface area contributed by atoms with Crippen molar-refractivity contribution in [3.8, 4) is 0 Å². The summed E-state index contributed by atoms with van der Waals surface area (Å²) < 4.78 is 27.7. The molecule has 1 aliphatic carbocycles. The Labute approximate surface area is 96.5 Å². The third kappa shape index (κ3) is 4.83. The van der Waals surface area contributed by atoms with Gasteiger partial charge in [0.1, 0.15) is 6.61 Å². The summed E-state index contributed by atoms with van der Waals surface area (Å²) in [6.45, 7) is 5.42. The summed E-state index contributed by atoms with van der Waals surface area (Å²) in [5, 5.41) is 2.40. The van der Waals surface area contributed by atoms with E-state index < -0.39 is 15.9 Å². The van der Waals surface area contributed by atoms with Gasteiger partial charge >= 0.3 is 6.09 Å². The number of hydrogen-bond donors (Lipinski definition) is 1. The van der Waals surface area contributed by atoms with E-state index in [9.17, 15) is 13.2 Å². The van der Waals surface area contributed by atoms with Crippen molar-refractivity contribution in [3.63, 3.8) is 0 Å². The molecular formula is C10H19NO4S. The standard InChI is InChI=1S/C10H19NO4S/c1-10(2,3)11-9(12)15-6-7-16(13,14)8-4-5-8/h8H,4-7H2,1-3H3,(H,11,12). The molecule has 0 unspecified atom stereocenters. The van der Waals surface area contributed by atoms with Crippen LogP contribution in [0.15, 0.2) is 0 Å². The molecule has 0 atom stereocenters. The Hall–Kier alpha value is -0.780. The fraction of sp³-hybridized carbons (Fsp3) is 0.900. The lowest BCUT2D eigenvalue weighted by Crippen LogP contribution is -2.41. The lowest BCUT2D eigenvalue weighted by Gasteiger charge is -2.19. The van der Waals surface area contributed by atoms with Crippen molar-refractivity contribution in [3.05, 3.63) is 0 Å². The van der Waals surface area contributed by atoms with Crippen LogP contribution >= 0.6 is 0 Å². The van der Waals surface area contributed by atoms with Gasteiger partial charge in [0.25, 0.3) is 0 Å². The molecule has 16 heavy (non-hydrogen) atoms. The van der Waals surface area contributed by atoms with E-state index in [2.05, 4.69) is 5.32 Å². The number of ether oxygens (including phenoxy) is 1. The van der Waals surface area contributed by atoms with Gasteiger partial charge in [-0.1, -0.05) is 0 Å². The maximum Gasteiger partial charge on any atom is 0.407 e. The first-order valence-electron chi connectivity index (χ1n) is 5.37. The lowest BCUT2D eigenvalue weighted by molar-refractivity contribution is 0.144. The second-order valence-corrected chi connectivity index (χ2v) is 7.48. The minimum Gasteiger partial charge on any atom is -0.448 e. The van der Waals surface area contributed by atoms with Crippen LogP contribution in [0.5, 0.6) is 0 Å². The van der Waals surface area contributed by atoms with E-state index in [0.29, 0.717) is 0 Å². The van der Waals surface area contributed by atoms with E-state index in [1.807, 2.05) is 20.8 Å². The summed E-state index contributed by atoms with van der Waals surface area (Å²) in [4.78, 5) is 11.2. The number of hydrogen-bond acceptors (Lipinski definition) is 4. The quantitative estimate of drug-likeness (QED) is 0.809. The summed E-state index contributed by atoms with van der Waals surface area (Å²) in [5.41, 5.74) is -0.369. The van der Waals surface area contributed by atoms with Gasteiger partial charge in [-0.3, -0.25) is 0 Å². The first-order chi connectivity index (χ1) is 7.21. The second-order valence-electron chi connectivity index (χ2n) is 5.08. The van der Waals surface area contributed by atoms with Gasteiger partial charge in [0.2, 0.25) is 0 Å². The van der Waals surface area contributed by atoms with Gasteiger partial charge in [0.15, 0.2) is 9.84 Å². The molecule has 5 nitrogen and oxygen atoms in total. The lowest BCUT2D eigenvalue weighted by atomic mass is 10.1. The predicted octanol–water partition coefficient (Wildman–Crippen LogP) is 1.09. The summed E-state index contributed by atoms with van der Waals surface area (Å²) >= 11 is 0. The van der Waals surface area contributed by atoms with Gasteiger partial charge in [0, 0.05) is 5.54 Å². The Balaban J connectivity index is 2.23. The molecule has 0 aromatic heterocycles. The van der Waals surface area contributed by atoms with Gasteiger partial charge in [-0.25, -0.2) is 13.2 Å². The Kier molecular flexibility index (Phi) is 3.83. The van der Waals surface area contributed by atoms with Crippen LogP contribution in [0.3, 0.4) is 0 Å². The molecule has 1 fully saturated rings. The van der Waals surface area contributed by atoms with E-state index in [-0.39, 0.29) is 23.1 Å². The van der Waals surface area contributed by atoms with Gasteiger partial charge < -0.3 is 10.1 Å². The second kappa shape index (κ2) is 4.61. The molecule has 0 bridgehead atoms. The highest BCUT2D eigenvalue weighted by Gasteiger charge is 2.35. The Morgan fingerprint density at radius 3 is 2.38 bits per heavy atom. The van der Waals surface area contributed by atoms with Crippen LogP contribution in [-0.2, 0) is 14.6 Å². The van der Waals surface area contributed by atoms with Crippen molar-refractivity contribution >= 4 is 15.9 Å². The minimum atomic E-state index is -3.03. The molecule has 1 rings (SSSR count). The van der Waals surface area contributed by atoms with Crippen molar-refractivity contribution in [1.82, 2.24) is 5.32 Å². The van der Waals surface area contributed by atoms with E-state index in [1.54, 1.807) is 0 Å². The van der Waals surface area contributed by atoms with Crippen LogP contribution in [0.25, 0.3) is 0 Å². The van der Waals surface area contributed by atoms with Crippen LogP contribution in [0.4, 0.5) is 4.79 Å². The number of alkyl carbamates (subject to hydrolysis) is 1. The van der Waals surface area contributed by atoms with Crippen LogP contribution in [0.2, 0.25) is 0 Å². The Morgan fingerprint density at radius 1 is 1.38 bits per heavy atom. The van der Waals surface area contributed by atoms with Gasteiger partial charge in [0.05, 0.1) is 11.0 Å². The fourth-order valence-corrected chi connectivity index (χ4v) is 2.69. The van der Waals surface area contributed by atoms with Crippen LogP contribution in [-0.4, -0.2) is 37.7 Å². The van der Waals surface area contributed by atoms with Crippen molar-refractivity contribution < 1.29 is 17.9 Å². The molecule has 0 spiro atoms. The van der Waals surface area contributed by atoms with Gasteiger partial charge in [-0.15, -0.1) is 0 Å². The number of nitrogens with one attached hydrogen (secondary N) is 1.